The van der Waals surface area contributed by atoms with Crippen LogP contribution in [0.4, 0.5) is 8.78 Å². The summed E-state index contributed by atoms with van der Waals surface area (Å²) in [5.74, 6) is -0.454. The summed E-state index contributed by atoms with van der Waals surface area (Å²) in [5.41, 5.74) is 2.02. The van der Waals surface area contributed by atoms with Crippen LogP contribution >= 0.6 is 0 Å². The van der Waals surface area contributed by atoms with Crippen LogP contribution in [0.15, 0.2) is 59.2 Å². The number of hydrogen-bond acceptors (Lipinski definition) is 4. The van der Waals surface area contributed by atoms with Crippen LogP contribution in [-0.2, 0) is 19.6 Å². The molecular formula is C22H21F2N3O2. The maximum atomic E-state index is 13.1. The molecule has 1 fully saturated rings. The number of hydrogen-bond donors (Lipinski definition) is 1. The summed E-state index contributed by atoms with van der Waals surface area (Å²) in [7, 11) is 0. The van der Waals surface area contributed by atoms with Crippen molar-refractivity contribution in [3.63, 3.8) is 0 Å². The fourth-order valence-corrected chi connectivity index (χ4v) is 3.11. The summed E-state index contributed by atoms with van der Waals surface area (Å²) in [5, 5.41) is 2.75. The molecule has 0 bridgehead atoms. The van der Waals surface area contributed by atoms with Gasteiger partial charge in [0.25, 0.3) is 5.91 Å². The largest absolute Gasteiger partial charge is 0.447 e. The van der Waals surface area contributed by atoms with Gasteiger partial charge in [-0.05, 0) is 48.2 Å². The molecule has 0 unspecified atom stereocenters. The van der Waals surface area contributed by atoms with E-state index in [1.807, 2.05) is 0 Å². The molecule has 0 saturated heterocycles. The van der Waals surface area contributed by atoms with E-state index in [-0.39, 0.29) is 29.8 Å². The van der Waals surface area contributed by atoms with Crippen LogP contribution < -0.4 is 5.32 Å². The third kappa shape index (κ3) is 5.26. The van der Waals surface area contributed by atoms with Crippen LogP contribution in [0, 0.1) is 11.6 Å². The van der Waals surface area contributed by atoms with Crippen molar-refractivity contribution in [1.29, 1.82) is 0 Å². The van der Waals surface area contributed by atoms with Gasteiger partial charge in [-0.15, -0.1) is 0 Å². The van der Waals surface area contributed by atoms with Gasteiger partial charge in [0.15, 0.2) is 5.69 Å². The van der Waals surface area contributed by atoms with Crippen molar-refractivity contribution in [2.24, 2.45) is 0 Å². The van der Waals surface area contributed by atoms with Gasteiger partial charge in [0.1, 0.15) is 17.9 Å². The number of nitrogens with one attached hydrogen (secondary N) is 1. The number of carbonyl (C=O) groups excluding carboxylic acids is 1. The lowest BCUT2D eigenvalue weighted by Crippen LogP contribution is -2.26. The van der Waals surface area contributed by atoms with Crippen LogP contribution in [-0.4, -0.2) is 21.8 Å². The third-order valence-corrected chi connectivity index (χ3v) is 4.85. The van der Waals surface area contributed by atoms with E-state index in [1.54, 1.807) is 24.3 Å². The van der Waals surface area contributed by atoms with Gasteiger partial charge < -0.3 is 9.73 Å². The highest BCUT2D eigenvalue weighted by atomic mass is 19.1. The summed E-state index contributed by atoms with van der Waals surface area (Å²) in [4.78, 5) is 18.8. The molecule has 3 aromatic rings. The summed E-state index contributed by atoms with van der Waals surface area (Å²) in [6.45, 7) is 1.42. The number of benzene rings is 2. The van der Waals surface area contributed by atoms with E-state index in [9.17, 15) is 13.6 Å². The lowest BCUT2D eigenvalue weighted by molar-refractivity contribution is 0.0945. The van der Waals surface area contributed by atoms with Crippen LogP contribution in [0.1, 0.15) is 40.3 Å². The zero-order valence-corrected chi connectivity index (χ0v) is 15.8. The van der Waals surface area contributed by atoms with E-state index in [1.165, 1.54) is 30.5 Å². The lowest BCUT2D eigenvalue weighted by atomic mass is 10.2. The summed E-state index contributed by atoms with van der Waals surface area (Å²) in [6, 6.07) is 12.8. The molecule has 0 atom stereocenters. The number of nitrogens with zero attached hydrogens (tertiary/aromatic N) is 2. The highest BCUT2D eigenvalue weighted by molar-refractivity contribution is 5.91. The average Bonchev–Trinajstić information content (AvgIpc) is 3.47. The van der Waals surface area contributed by atoms with Gasteiger partial charge in [-0.2, -0.15) is 0 Å². The Morgan fingerprint density at radius 1 is 1.00 bits per heavy atom. The zero-order valence-electron chi connectivity index (χ0n) is 15.8. The first-order chi connectivity index (χ1) is 14.1. The Morgan fingerprint density at radius 3 is 2.24 bits per heavy atom. The Labute approximate surface area is 167 Å². The van der Waals surface area contributed by atoms with Crippen molar-refractivity contribution in [1.82, 2.24) is 15.2 Å². The molecule has 1 aliphatic rings. The van der Waals surface area contributed by atoms with Crippen molar-refractivity contribution >= 4 is 5.91 Å². The number of halogens is 2. The van der Waals surface area contributed by atoms with Crippen molar-refractivity contribution < 1.29 is 18.0 Å². The molecule has 2 aromatic carbocycles. The van der Waals surface area contributed by atoms with Crippen molar-refractivity contribution in [3.8, 4) is 0 Å². The molecule has 1 amide bonds. The van der Waals surface area contributed by atoms with Crippen LogP contribution in [0.5, 0.6) is 0 Å². The smallest absolute Gasteiger partial charge is 0.273 e. The summed E-state index contributed by atoms with van der Waals surface area (Å²) in [6.07, 6.45) is 3.55. The second-order valence-electron chi connectivity index (χ2n) is 7.20. The van der Waals surface area contributed by atoms with Crippen LogP contribution in [0.25, 0.3) is 0 Å². The first-order valence-electron chi connectivity index (χ1n) is 9.52. The fourth-order valence-electron chi connectivity index (χ4n) is 3.11. The molecule has 29 heavy (non-hydrogen) atoms. The molecular weight excluding hydrogens is 376 g/mol. The first kappa shape index (κ1) is 19.3. The Bertz CT molecular complexity index is 966. The summed E-state index contributed by atoms with van der Waals surface area (Å²) < 4.78 is 31.6. The Morgan fingerprint density at radius 2 is 1.62 bits per heavy atom. The van der Waals surface area contributed by atoms with Crippen LogP contribution in [0.3, 0.4) is 0 Å². The molecule has 0 spiro atoms. The minimum absolute atomic E-state index is 0.208. The quantitative estimate of drug-likeness (QED) is 0.623. The standard InChI is InChI=1S/C22H21F2N3O2/c23-17-5-1-15(2-6-17)11-25-22(28)20-14-29-21(26-20)13-27(19-9-10-19)12-16-3-7-18(24)8-4-16/h1-8,14,19H,9-13H2,(H,25,28). The maximum absolute atomic E-state index is 13.1. The minimum Gasteiger partial charge on any atom is -0.447 e. The number of aromatic nitrogens is 1. The Balaban J connectivity index is 1.35. The van der Waals surface area contributed by atoms with Gasteiger partial charge in [-0.25, -0.2) is 13.8 Å². The highest BCUT2D eigenvalue weighted by Crippen LogP contribution is 2.29. The molecule has 0 aliphatic heterocycles. The van der Waals surface area contributed by atoms with E-state index in [4.69, 9.17) is 4.42 Å². The topological polar surface area (TPSA) is 58.4 Å². The summed E-state index contributed by atoms with van der Waals surface area (Å²) >= 11 is 0. The predicted octanol–water partition coefficient (Wildman–Crippen LogP) is 4.05. The van der Waals surface area contributed by atoms with E-state index in [2.05, 4.69) is 15.2 Å². The molecule has 4 rings (SSSR count). The predicted molar refractivity (Wildman–Crippen MR) is 103 cm³/mol. The molecule has 1 aromatic heterocycles. The fraction of sp³-hybridized carbons (Fsp3) is 0.273. The minimum atomic E-state index is -0.346. The molecule has 5 nitrogen and oxygen atoms in total. The molecule has 1 heterocycles. The number of carbonyl (C=O) groups is 1. The molecule has 7 heteroatoms. The van der Waals surface area contributed by atoms with E-state index in [0.29, 0.717) is 25.0 Å². The third-order valence-electron chi connectivity index (χ3n) is 4.85. The second kappa shape index (κ2) is 8.53. The van der Waals surface area contributed by atoms with Gasteiger partial charge >= 0.3 is 0 Å². The van der Waals surface area contributed by atoms with Crippen molar-refractivity contribution in [2.45, 2.75) is 38.5 Å². The molecule has 1 saturated carbocycles. The molecule has 0 radical (unpaired) electrons. The van der Waals surface area contributed by atoms with E-state index in [0.717, 1.165) is 24.0 Å². The van der Waals surface area contributed by atoms with Gasteiger partial charge in [-0.3, -0.25) is 9.69 Å². The van der Waals surface area contributed by atoms with E-state index < -0.39 is 0 Å². The highest BCUT2D eigenvalue weighted by Gasteiger charge is 2.30. The first-order valence-corrected chi connectivity index (χ1v) is 9.52. The van der Waals surface area contributed by atoms with Gasteiger partial charge in [-0.1, -0.05) is 24.3 Å². The van der Waals surface area contributed by atoms with Gasteiger partial charge in [0.05, 0.1) is 6.54 Å². The normalized spacial score (nSPS) is 13.6. The molecule has 1 N–H and O–H groups in total. The van der Waals surface area contributed by atoms with Crippen LogP contribution in [0.2, 0.25) is 0 Å². The number of rotatable bonds is 8. The van der Waals surface area contributed by atoms with Crippen molar-refractivity contribution in [2.75, 3.05) is 0 Å². The maximum Gasteiger partial charge on any atom is 0.273 e. The second-order valence-corrected chi connectivity index (χ2v) is 7.20. The van der Waals surface area contributed by atoms with Crippen molar-refractivity contribution in [3.05, 3.63) is 89.1 Å². The number of oxazole rings is 1. The molecule has 1 aliphatic carbocycles. The monoisotopic (exact) mass is 397 g/mol. The number of amides is 1. The zero-order chi connectivity index (χ0) is 20.2. The van der Waals surface area contributed by atoms with Gasteiger partial charge in [0.2, 0.25) is 5.89 Å². The molecule has 150 valence electrons. The van der Waals surface area contributed by atoms with Gasteiger partial charge in [0, 0.05) is 19.1 Å². The average molecular weight is 397 g/mol. The Kier molecular flexibility index (Phi) is 5.67. The SMILES string of the molecule is O=C(NCc1ccc(F)cc1)c1coc(CN(Cc2ccc(F)cc2)C2CC2)n1. The lowest BCUT2D eigenvalue weighted by Gasteiger charge is -2.20. The Hall–Kier alpha value is -3.06. The van der Waals surface area contributed by atoms with E-state index >= 15 is 0 Å².